The Labute approximate surface area is 113 Å². The number of carbonyl (C=O) groups excluding carboxylic acids is 2. The molecule has 5 N–H and O–H groups in total. The Kier molecular flexibility index (Phi) is 8.15. The maximum atomic E-state index is 10.6. The molecule has 1 rings (SSSR count). The fraction of sp³-hybridized carbons (Fsp3) is 0.385. The molecule has 106 valence electrons. The quantitative estimate of drug-likeness (QED) is 0.362. The van der Waals surface area contributed by atoms with Crippen molar-refractivity contribution in [3.8, 4) is 0 Å². The van der Waals surface area contributed by atoms with Crippen LogP contribution in [0, 0.1) is 13.8 Å². The third-order valence-corrected chi connectivity index (χ3v) is 2.38. The average Bonchev–Trinajstić information content (AvgIpc) is 2.33. The highest BCUT2D eigenvalue weighted by Crippen LogP contribution is 2.12. The molecule has 0 saturated heterocycles. The molecule has 0 saturated carbocycles. The molecule has 0 aromatic heterocycles. The first-order valence-electron chi connectivity index (χ1n) is 5.90. The van der Waals surface area contributed by atoms with Gasteiger partial charge in [-0.3, -0.25) is 20.4 Å². The van der Waals surface area contributed by atoms with Crippen LogP contribution in [-0.2, 0) is 16.1 Å². The predicted octanol–water partition coefficient (Wildman–Crippen LogP) is 0.440. The standard InChI is InChI=1S/C11H16N2O.C2H6N2O/c1-8-5-4-6-9(2)11(8)7-12-13-10(3)14;1-2(5)4-3/h4-6,12H,7H2,1-3H3,(H,13,14);3H2,1H3,(H,4,5). The lowest BCUT2D eigenvalue weighted by atomic mass is 10.0. The van der Waals surface area contributed by atoms with Crippen molar-refractivity contribution < 1.29 is 9.59 Å². The third kappa shape index (κ3) is 7.91. The molecule has 0 atom stereocenters. The van der Waals surface area contributed by atoms with Crippen molar-refractivity contribution in [1.82, 2.24) is 16.3 Å². The normalized spacial score (nSPS) is 9.11. The number of carbonyl (C=O) groups is 2. The van der Waals surface area contributed by atoms with E-state index in [9.17, 15) is 9.59 Å². The van der Waals surface area contributed by atoms with E-state index in [1.54, 1.807) is 0 Å². The monoisotopic (exact) mass is 266 g/mol. The second-order valence-electron chi connectivity index (χ2n) is 4.11. The van der Waals surface area contributed by atoms with E-state index in [-0.39, 0.29) is 11.8 Å². The van der Waals surface area contributed by atoms with Gasteiger partial charge in [-0.25, -0.2) is 11.3 Å². The van der Waals surface area contributed by atoms with Crippen molar-refractivity contribution in [1.29, 1.82) is 0 Å². The van der Waals surface area contributed by atoms with Gasteiger partial charge in [0.05, 0.1) is 0 Å². The van der Waals surface area contributed by atoms with Gasteiger partial charge < -0.3 is 0 Å². The van der Waals surface area contributed by atoms with E-state index in [0.717, 1.165) is 0 Å². The second kappa shape index (κ2) is 9.07. The van der Waals surface area contributed by atoms with Crippen LogP contribution >= 0.6 is 0 Å². The van der Waals surface area contributed by atoms with Crippen LogP contribution in [0.1, 0.15) is 30.5 Å². The van der Waals surface area contributed by atoms with Crippen molar-refractivity contribution in [2.24, 2.45) is 5.84 Å². The summed E-state index contributed by atoms with van der Waals surface area (Å²) in [6.07, 6.45) is 0. The fourth-order valence-corrected chi connectivity index (χ4v) is 1.38. The first-order chi connectivity index (χ1) is 8.88. The zero-order valence-corrected chi connectivity index (χ0v) is 11.8. The summed E-state index contributed by atoms with van der Waals surface area (Å²) >= 11 is 0. The topological polar surface area (TPSA) is 96.2 Å². The van der Waals surface area contributed by atoms with Gasteiger partial charge in [0.1, 0.15) is 0 Å². The maximum Gasteiger partial charge on any atom is 0.230 e. The molecule has 6 nitrogen and oxygen atoms in total. The number of aryl methyl sites for hydroxylation is 2. The van der Waals surface area contributed by atoms with Crippen LogP contribution in [0.2, 0.25) is 0 Å². The zero-order valence-electron chi connectivity index (χ0n) is 11.8. The Balaban J connectivity index is 0.000000555. The van der Waals surface area contributed by atoms with Crippen molar-refractivity contribution >= 4 is 11.8 Å². The molecule has 2 amide bonds. The molecular formula is C13H22N4O2. The number of amides is 2. The largest absolute Gasteiger partial charge is 0.295 e. The number of nitrogens with two attached hydrogens (primary N) is 1. The summed E-state index contributed by atoms with van der Waals surface area (Å²) in [4.78, 5) is 20.2. The lowest BCUT2D eigenvalue weighted by molar-refractivity contribution is -0.120. The van der Waals surface area contributed by atoms with E-state index >= 15 is 0 Å². The van der Waals surface area contributed by atoms with Gasteiger partial charge in [0.15, 0.2) is 0 Å². The summed E-state index contributed by atoms with van der Waals surface area (Å²) in [7, 11) is 0. The average molecular weight is 266 g/mol. The van der Waals surface area contributed by atoms with Crippen molar-refractivity contribution in [2.75, 3.05) is 0 Å². The van der Waals surface area contributed by atoms with Crippen LogP contribution in [-0.4, -0.2) is 11.8 Å². The molecule has 0 aliphatic carbocycles. The lowest BCUT2D eigenvalue weighted by Gasteiger charge is -2.10. The van der Waals surface area contributed by atoms with Gasteiger partial charge in [0.2, 0.25) is 11.8 Å². The van der Waals surface area contributed by atoms with Crippen LogP contribution < -0.4 is 22.1 Å². The number of hydrogen-bond donors (Lipinski definition) is 4. The number of hydrogen-bond acceptors (Lipinski definition) is 4. The molecule has 6 heteroatoms. The number of benzene rings is 1. The summed E-state index contributed by atoms with van der Waals surface area (Å²) in [6.45, 7) is 7.63. The van der Waals surface area contributed by atoms with E-state index in [0.29, 0.717) is 6.54 Å². The Morgan fingerprint density at radius 1 is 1.11 bits per heavy atom. The third-order valence-electron chi connectivity index (χ3n) is 2.38. The van der Waals surface area contributed by atoms with Gasteiger partial charge in [-0.2, -0.15) is 0 Å². The van der Waals surface area contributed by atoms with Gasteiger partial charge >= 0.3 is 0 Å². The van der Waals surface area contributed by atoms with E-state index in [2.05, 4.69) is 42.7 Å². The first kappa shape index (κ1) is 17.1. The van der Waals surface area contributed by atoms with Crippen molar-refractivity contribution in [3.05, 3.63) is 34.9 Å². The van der Waals surface area contributed by atoms with Crippen LogP contribution in [0.4, 0.5) is 0 Å². The van der Waals surface area contributed by atoms with Gasteiger partial charge in [-0.05, 0) is 30.5 Å². The summed E-state index contributed by atoms with van der Waals surface area (Å²) in [5.41, 5.74) is 11.0. The summed E-state index contributed by atoms with van der Waals surface area (Å²) in [5, 5.41) is 0. The smallest absolute Gasteiger partial charge is 0.230 e. The zero-order chi connectivity index (χ0) is 14.8. The van der Waals surface area contributed by atoms with Gasteiger partial charge in [0.25, 0.3) is 0 Å². The van der Waals surface area contributed by atoms with Crippen LogP contribution in [0.3, 0.4) is 0 Å². The Hall–Kier alpha value is -1.92. The molecule has 0 heterocycles. The number of hydrazine groups is 2. The van der Waals surface area contributed by atoms with Crippen LogP contribution in [0.5, 0.6) is 0 Å². The summed E-state index contributed by atoms with van der Waals surface area (Å²) in [6, 6.07) is 6.17. The van der Waals surface area contributed by atoms with Crippen molar-refractivity contribution in [3.63, 3.8) is 0 Å². The predicted molar refractivity (Wildman–Crippen MR) is 74.6 cm³/mol. The van der Waals surface area contributed by atoms with Gasteiger partial charge in [-0.1, -0.05) is 18.2 Å². The Morgan fingerprint density at radius 2 is 1.58 bits per heavy atom. The summed E-state index contributed by atoms with van der Waals surface area (Å²) in [5.74, 6) is 4.28. The molecule has 1 aromatic carbocycles. The fourth-order valence-electron chi connectivity index (χ4n) is 1.38. The van der Waals surface area contributed by atoms with Crippen LogP contribution in [0.15, 0.2) is 18.2 Å². The van der Waals surface area contributed by atoms with Gasteiger partial charge in [0, 0.05) is 20.4 Å². The highest BCUT2D eigenvalue weighted by Gasteiger charge is 2.00. The van der Waals surface area contributed by atoms with E-state index in [1.807, 2.05) is 11.5 Å². The lowest BCUT2D eigenvalue weighted by Crippen LogP contribution is -2.35. The first-order valence-corrected chi connectivity index (χ1v) is 5.90. The van der Waals surface area contributed by atoms with E-state index in [1.165, 1.54) is 30.5 Å². The van der Waals surface area contributed by atoms with E-state index < -0.39 is 0 Å². The molecule has 0 unspecified atom stereocenters. The minimum Gasteiger partial charge on any atom is -0.295 e. The SMILES string of the molecule is CC(=O)NN.CC(=O)NNCc1c(C)cccc1C. The van der Waals surface area contributed by atoms with Crippen molar-refractivity contribution in [2.45, 2.75) is 34.2 Å². The second-order valence-corrected chi connectivity index (χ2v) is 4.11. The Bertz CT molecular complexity index is 412. The molecule has 19 heavy (non-hydrogen) atoms. The summed E-state index contributed by atoms with van der Waals surface area (Å²) < 4.78 is 0. The van der Waals surface area contributed by atoms with E-state index in [4.69, 9.17) is 0 Å². The molecule has 0 aliphatic heterocycles. The Morgan fingerprint density at radius 3 is 1.95 bits per heavy atom. The maximum absolute atomic E-state index is 10.6. The molecular weight excluding hydrogens is 244 g/mol. The minimum absolute atomic E-state index is 0.0729. The molecule has 0 spiro atoms. The molecule has 0 radical (unpaired) electrons. The molecule has 0 aliphatic rings. The highest BCUT2D eigenvalue weighted by molar-refractivity contribution is 5.72. The molecule has 0 bridgehead atoms. The van der Waals surface area contributed by atoms with Crippen LogP contribution in [0.25, 0.3) is 0 Å². The highest BCUT2D eigenvalue weighted by atomic mass is 16.2. The molecule has 0 fully saturated rings. The number of nitrogens with one attached hydrogen (secondary N) is 3. The molecule has 1 aromatic rings. The minimum atomic E-state index is -0.218. The van der Waals surface area contributed by atoms with Gasteiger partial charge in [-0.15, -0.1) is 0 Å². The number of rotatable bonds is 3.